The van der Waals surface area contributed by atoms with E-state index in [4.69, 9.17) is 16.6 Å². The minimum Gasteiger partial charge on any atom is -0.340 e. The minimum atomic E-state index is -0.690. The Labute approximate surface area is 191 Å². The molecule has 9 heteroatoms. The van der Waals surface area contributed by atoms with Crippen LogP contribution in [0.25, 0.3) is 0 Å². The summed E-state index contributed by atoms with van der Waals surface area (Å²) in [5.74, 6) is -0.0916. The maximum Gasteiger partial charge on any atom is 0.171 e. The van der Waals surface area contributed by atoms with Crippen LogP contribution in [-0.2, 0) is 11.3 Å². The number of allylic oxidation sites excluding steroid dienone is 1. The molecule has 1 atom stereocenters. The van der Waals surface area contributed by atoms with Gasteiger partial charge in [-0.15, -0.1) is 0 Å². The van der Waals surface area contributed by atoms with Crippen LogP contribution in [0.2, 0.25) is 5.02 Å². The number of benzene rings is 1. The first-order valence-electron chi connectivity index (χ1n) is 9.06. The van der Waals surface area contributed by atoms with Gasteiger partial charge in [0.05, 0.1) is 6.54 Å². The SMILES string of the molecule is CC(=O)C1=C(Cn2ccnc2I)NC(c2ccccn2)=NC1c1ccc(F)cc1Cl. The Morgan fingerprint density at radius 3 is 2.73 bits per heavy atom. The van der Waals surface area contributed by atoms with Crippen LogP contribution in [0.3, 0.4) is 0 Å². The summed E-state index contributed by atoms with van der Waals surface area (Å²) < 4.78 is 16.3. The Kier molecular flexibility index (Phi) is 5.96. The Balaban J connectivity index is 1.88. The molecule has 1 aliphatic rings. The van der Waals surface area contributed by atoms with Crippen molar-refractivity contribution in [2.75, 3.05) is 0 Å². The molecule has 6 nitrogen and oxygen atoms in total. The Hall–Kier alpha value is -2.59. The van der Waals surface area contributed by atoms with Gasteiger partial charge in [0.2, 0.25) is 0 Å². The molecule has 0 fully saturated rings. The first-order valence-corrected chi connectivity index (χ1v) is 10.5. The molecule has 0 spiro atoms. The number of aromatic nitrogens is 3. The average Bonchev–Trinajstić information content (AvgIpc) is 3.12. The number of amidine groups is 1. The lowest BCUT2D eigenvalue weighted by Gasteiger charge is -2.28. The van der Waals surface area contributed by atoms with E-state index in [0.29, 0.717) is 34.9 Å². The lowest BCUT2D eigenvalue weighted by molar-refractivity contribution is -0.114. The molecule has 152 valence electrons. The third kappa shape index (κ3) is 4.15. The number of Topliss-reactive ketones (excluding diaryl/α,β-unsaturated/α-hetero) is 1. The highest BCUT2D eigenvalue weighted by Gasteiger charge is 2.31. The lowest BCUT2D eigenvalue weighted by atomic mass is 9.92. The number of nitrogens with zero attached hydrogens (tertiary/aromatic N) is 4. The van der Waals surface area contributed by atoms with Crippen molar-refractivity contribution in [1.29, 1.82) is 0 Å². The quantitative estimate of drug-likeness (QED) is 0.495. The zero-order chi connectivity index (χ0) is 21.3. The molecule has 0 bridgehead atoms. The zero-order valence-electron chi connectivity index (χ0n) is 15.8. The summed E-state index contributed by atoms with van der Waals surface area (Å²) in [6.07, 6.45) is 5.20. The number of rotatable bonds is 5. The van der Waals surface area contributed by atoms with E-state index in [1.807, 2.05) is 29.0 Å². The number of pyridine rings is 1. The number of carbonyl (C=O) groups excluding carboxylic acids is 1. The van der Waals surface area contributed by atoms with Gasteiger partial charge in [0.25, 0.3) is 0 Å². The van der Waals surface area contributed by atoms with E-state index in [9.17, 15) is 9.18 Å². The lowest BCUT2D eigenvalue weighted by Crippen LogP contribution is -2.35. The molecule has 30 heavy (non-hydrogen) atoms. The summed E-state index contributed by atoms with van der Waals surface area (Å²) in [6.45, 7) is 1.87. The Morgan fingerprint density at radius 1 is 1.27 bits per heavy atom. The van der Waals surface area contributed by atoms with Gasteiger partial charge in [-0.05, 0) is 53.8 Å². The second-order valence-corrected chi connectivity index (χ2v) is 8.03. The van der Waals surface area contributed by atoms with E-state index in [-0.39, 0.29) is 10.8 Å². The van der Waals surface area contributed by atoms with Crippen LogP contribution in [0.4, 0.5) is 4.39 Å². The number of ketones is 1. The van der Waals surface area contributed by atoms with E-state index >= 15 is 0 Å². The Morgan fingerprint density at radius 2 is 2.10 bits per heavy atom. The molecular weight excluding hydrogens is 520 g/mol. The normalized spacial score (nSPS) is 16.3. The van der Waals surface area contributed by atoms with Crippen LogP contribution in [0, 0.1) is 9.65 Å². The zero-order valence-corrected chi connectivity index (χ0v) is 18.7. The molecule has 3 aromatic rings. The second kappa shape index (κ2) is 8.65. The largest absolute Gasteiger partial charge is 0.340 e. The number of hydrogen-bond donors (Lipinski definition) is 1. The van der Waals surface area contributed by atoms with Crippen molar-refractivity contribution in [1.82, 2.24) is 19.9 Å². The summed E-state index contributed by atoms with van der Waals surface area (Å²) in [6, 6.07) is 8.91. The molecule has 1 aromatic carbocycles. The molecule has 1 unspecified atom stereocenters. The molecule has 3 heterocycles. The van der Waals surface area contributed by atoms with E-state index < -0.39 is 11.9 Å². The molecule has 0 aliphatic carbocycles. The Bertz CT molecular complexity index is 1180. The van der Waals surface area contributed by atoms with Crippen LogP contribution in [0.15, 0.2) is 71.3 Å². The number of carbonyl (C=O) groups is 1. The van der Waals surface area contributed by atoms with Crippen molar-refractivity contribution in [3.05, 3.63) is 92.2 Å². The number of nitrogens with one attached hydrogen (secondary N) is 1. The highest BCUT2D eigenvalue weighted by atomic mass is 127. The van der Waals surface area contributed by atoms with E-state index in [1.165, 1.54) is 19.1 Å². The van der Waals surface area contributed by atoms with Crippen molar-refractivity contribution < 1.29 is 9.18 Å². The smallest absolute Gasteiger partial charge is 0.171 e. The fraction of sp³-hybridized carbons (Fsp3) is 0.143. The standard InChI is InChI=1S/C21H16ClFIN5O/c1-12(30)18-17(11-29-9-8-26-21(29)24)27-20(16-4-2-3-7-25-16)28-19(18)14-6-5-13(23)10-15(14)22/h2-10,19H,11H2,1H3,(H,27,28). The predicted octanol–water partition coefficient (Wildman–Crippen LogP) is 4.31. The van der Waals surface area contributed by atoms with Crippen LogP contribution < -0.4 is 5.32 Å². The maximum absolute atomic E-state index is 13.7. The van der Waals surface area contributed by atoms with Crippen LogP contribution in [0.1, 0.15) is 24.2 Å². The van der Waals surface area contributed by atoms with Crippen molar-refractivity contribution in [3.63, 3.8) is 0 Å². The topological polar surface area (TPSA) is 72.2 Å². The van der Waals surface area contributed by atoms with Gasteiger partial charge in [0, 0.05) is 40.4 Å². The molecule has 1 aliphatic heterocycles. The highest BCUT2D eigenvalue weighted by molar-refractivity contribution is 14.1. The number of hydrogen-bond acceptors (Lipinski definition) is 5. The maximum atomic E-state index is 13.7. The van der Waals surface area contributed by atoms with Crippen LogP contribution in [0.5, 0.6) is 0 Å². The van der Waals surface area contributed by atoms with Gasteiger partial charge in [-0.3, -0.25) is 14.8 Å². The summed E-state index contributed by atoms with van der Waals surface area (Å²) in [5.41, 5.74) is 2.31. The monoisotopic (exact) mass is 535 g/mol. The first-order chi connectivity index (χ1) is 14.4. The predicted molar refractivity (Wildman–Crippen MR) is 121 cm³/mol. The molecule has 0 saturated carbocycles. The van der Waals surface area contributed by atoms with E-state index in [1.54, 1.807) is 18.5 Å². The number of aliphatic imine (C=N–C) groups is 1. The van der Waals surface area contributed by atoms with Crippen molar-refractivity contribution in [2.45, 2.75) is 19.5 Å². The first kappa shape index (κ1) is 20.7. The fourth-order valence-electron chi connectivity index (χ4n) is 3.31. The van der Waals surface area contributed by atoms with Gasteiger partial charge in [0.1, 0.15) is 17.6 Å². The fourth-order valence-corrected chi connectivity index (χ4v) is 4.07. The highest BCUT2D eigenvalue weighted by Crippen LogP contribution is 2.36. The molecule has 0 amide bonds. The molecular formula is C21H16ClFIN5O. The summed E-state index contributed by atoms with van der Waals surface area (Å²) >= 11 is 8.48. The van der Waals surface area contributed by atoms with Gasteiger partial charge < -0.3 is 9.88 Å². The van der Waals surface area contributed by atoms with Gasteiger partial charge in [0.15, 0.2) is 15.5 Å². The van der Waals surface area contributed by atoms with E-state index in [2.05, 4.69) is 37.9 Å². The van der Waals surface area contributed by atoms with Gasteiger partial charge in [-0.25, -0.2) is 9.37 Å². The summed E-state index contributed by atoms with van der Waals surface area (Å²) in [7, 11) is 0. The molecule has 0 saturated heterocycles. The molecule has 1 N–H and O–H groups in total. The molecule has 4 rings (SSSR count). The average molecular weight is 536 g/mol. The summed E-state index contributed by atoms with van der Waals surface area (Å²) in [4.78, 5) is 26.1. The van der Waals surface area contributed by atoms with Gasteiger partial charge >= 0.3 is 0 Å². The number of halogens is 3. The van der Waals surface area contributed by atoms with E-state index in [0.717, 1.165) is 3.83 Å². The van der Waals surface area contributed by atoms with Crippen molar-refractivity contribution >= 4 is 45.8 Å². The van der Waals surface area contributed by atoms with Crippen molar-refractivity contribution in [3.8, 4) is 0 Å². The van der Waals surface area contributed by atoms with Crippen molar-refractivity contribution in [2.24, 2.45) is 4.99 Å². The minimum absolute atomic E-state index is 0.151. The summed E-state index contributed by atoms with van der Waals surface area (Å²) in [5, 5.41) is 3.48. The molecule has 0 radical (unpaired) electrons. The second-order valence-electron chi connectivity index (χ2n) is 6.66. The van der Waals surface area contributed by atoms with Crippen LogP contribution >= 0.6 is 34.2 Å². The van der Waals surface area contributed by atoms with Gasteiger partial charge in [-0.1, -0.05) is 23.7 Å². The van der Waals surface area contributed by atoms with Gasteiger partial charge in [-0.2, -0.15) is 0 Å². The molecule has 2 aromatic heterocycles. The van der Waals surface area contributed by atoms with Crippen LogP contribution in [-0.4, -0.2) is 26.2 Å². The third-order valence-corrected chi connectivity index (χ3v) is 5.89. The third-order valence-electron chi connectivity index (χ3n) is 4.66. The number of imidazole rings is 1.